The van der Waals surface area contributed by atoms with Gasteiger partial charge in [-0.1, -0.05) is 12.1 Å². The quantitative estimate of drug-likeness (QED) is 0.398. The number of amides is 1. The largest absolute Gasteiger partial charge is 0.465 e. The van der Waals surface area contributed by atoms with Gasteiger partial charge in [0.2, 0.25) is 11.8 Å². The van der Waals surface area contributed by atoms with Crippen LogP contribution in [-0.4, -0.2) is 41.6 Å². The molecule has 1 spiro atoms. The first-order chi connectivity index (χ1) is 14.4. The molecule has 0 N–H and O–H groups in total. The predicted octanol–water partition coefficient (Wildman–Crippen LogP) is 3.99. The molecule has 1 atom stereocenters. The number of hydrogen-bond donors (Lipinski definition) is 0. The number of alkyl halides is 5. The van der Waals surface area contributed by atoms with Gasteiger partial charge in [-0.3, -0.25) is 14.4 Å². The average Bonchev–Trinajstić information content (AvgIpc) is 2.68. The van der Waals surface area contributed by atoms with Crippen molar-refractivity contribution in [2.45, 2.75) is 51.3 Å². The minimum atomic E-state index is -4.52. The molecule has 3 rings (SSSR count). The molecule has 2 fully saturated rings. The standard InChI is InChI=1S/C21H22F5NO4/c1-2-31-18(30)15-16(28)19(7-9-20(22,23)10-8-19)12-27(17(15)29)11-13-3-5-14(6-4-13)21(24,25)26/h3-6,15H,2,7-12H2,1H3. The van der Waals surface area contributed by atoms with Crippen LogP contribution in [0.4, 0.5) is 22.0 Å². The van der Waals surface area contributed by atoms with Crippen LogP contribution in [0.5, 0.6) is 0 Å². The third-order valence-corrected chi connectivity index (χ3v) is 5.95. The highest BCUT2D eigenvalue weighted by molar-refractivity contribution is 6.19. The lowest BCUT2D eigenvalue weighted by Crippen LogP contribution is -2.60. The van der Waals surface area contributed by atoms with E-state index in [2.05, 4.69) is 0 Å². The molecule has 1 unspecified atom stereocenters. The lowest BCUT2D eigenvalue weighted by molar-refractivity contribution is -0.171. The molecule has 1 aromatic carbocycles. The van der Waals surface area contributed by atoms with E-state index in [1.54, 1.807) is 0 Å². The van der Waals surface area contributed by atoms with Crippen molar-refractivity contribution in [2.24, 2.45) is 11.3 Å². The topological polar surface area (TPSA) is 63.7 Å². The molecule has 1 aliphatic carbocycles. The second-order valence-corrected chi connectivity index (χ2v) is 8.07. The van der Waals surface area contributed by atoms with Gasteiger partial charge in [0.15, 0.2) is 11.7 Å². The van der Waals surface area contributed by atoms with Crippen molar-refractivity contribution in [1.82, 2.24) is 4.90 Å². The number of Topliss-reactive ketones (excluding diaryl/α,β-unsaturated/α-hetero) is 1. The van der Waals surface area contributed by atoms with Crippen molar-refractivity contribution in [1.29, 1.82) is 0 Å². The van der Waals surface area contributed by atoms with E-state index in [-0.39, 0.29) is 32.5 Å². The van der Waals surface area contributed by atoms with Crippen molar-refractivity contribution in [2.75, 3.05) is 13.2 Å². The average molecular weight is 447 g/mol. The monoisotopic (exact) mass is 447 g/mol. The molecule has 2 aliphatic rings. The third-order valence-electron chi connectivity index (χ3n) is 5.95. The summed E-state index contributed by atoms with van der Waals surface area (Å²) in [6.07, 6.45) is -5.98. The van der Waals surface area contributed by atoms with Gasteiger partial charge in [0.1, 0.15) is 0 Å². The van der Waals surface area contributed by atoms with E-state index >= 15 is 0 Å². The number of benzene rings is 1. The van der Waals surface area contributed by atoms with Crippen LogP contribution in [0.1, 0.15) is 43.7 Å². The zero-order chi connectivity index (χ0) is 23.0. The number of carbonyl (C=O) groups excluding carboxylic acids is 3. The molecule has 1 heterocycles. The van der Waals surface area contributed by atoms with E-state index in [0.29, 0.717) is 5.56 Å². The Balaban J connectivity index is 1.89. The molecule has 1 saturated carbocycles. The second kappa shape index (κ2) is 8.20. The number of hydrogen-bond acceptors (Lipinski definition) is 4. The minimum Gasteiger partial charge on any atom is -0.465 e. The number of likely N-dealkylation sites (tertiary alicyclic amines) is 1. The molecule has 31 heavy (non-hydrogen) atoms. The maximum Gasteiger partial charge on any atom is 0.416 e. The Morgan fingerprint density at radius 3 is 2.19 bits per heavy atom. The maximum atomic E-state index is 13.7. The van der Waals surface area contributed by atoms with Crippen LogP contribution >= 0.6 is 0 Å². The maximum absolute atomic E-state index is 13.7. The summed E-state index contributed by atoms with van der Waals surface area (Å²) < 4.78 is 70.7. The van der Waals surface area contributed by atoms with Crippen molar-refractivity contribution in [3.8, 4) is 0 Å². The first kappa shape index (κ1) is 23.1. The van der Waals surface area contributed by atoms with Crippen molar-refractivity contribution < 1.29 is 41.1 Å². The van der Waals surface area contributed by atoms with Crippen LogP contribution in [0.25, 0.3) is 0 Å². The Labute approximate surface area is 175 Å². The smallest absolute Gasteiger partial charge is 0.416 e. The Bertz CT molecular complexity index is 856. The number of carbonyl (C=O) groups is 3. The lowest BCUT2D eigenvalue weighted by atomic mass is 9.64. The summed E-state index contributed by atoms with van der Waals surface area (Å²) in [5, 5.41) is 0. The molecule has 170 valence electrons. The number of esters is 1. The summed E-state index contributed by atoms with van der Waals surface area (Å²) in [6, 6.07) is 4.14. The number of nitrogens with zero attached hydrogens (tertiary/aromatic N) is 1. The fourth-order valence-electron chi connectivity index (χ4n) is 4.21. The van der Waals surface area contributed by atoms with E-state index in [4.69, 9.17) is 4.74 Å². The van der Waals surface area contributed by atoms with Gasteiger partial charge < -0.3 is 9.64 Å². The van der Waals surface area contributed by atoms with E-state index in [1.165, 1.54) is 24.0 Å². The zero-order valence-corrected chi connectivity index (χ0v) is 16.8. The van der Waals surface area contributed by atoms with Crippen molar-refractivity contribution in [3.63, 3.8) is 0 Å². The van der Waals surface area contributed by atoms with Gasteiger partial charge in [-0.2, -0.15) is 13.2 Å². The Hall–Kier alpha value is -2.52. The molecule has 1 aromatic rings. The molecule has 1 saturated heterocycles. The van der Waals surface area contributed by atoms with E-state index < -0.39 is 59.5 Å². The first-order valence-electron chi connectivity index (χ1n) is 9.92. The minimum absolute atomic E-state index is 0.0696. The summed E-state index contributed by atoms with van der Waals surface area (Å²) >= 11 is 0. The van der Waals surface area contributed by atoms with Crippen LogP contribution in [0, 0.1) is 11.3 Å². The Kier molecular flexibility index (Phi) is 6.12. The molecule has 10 heteroatoms. The van der Waals surface area contributed by atoms with Crippen LogP contribution in [0.3, 0.4) is 0 Å². The highest BCUT2D eigenvalue weighted by Gasteiger charge is 2.57. The summed E-state index contributed by atoms with van der Waals surface area (Å²) in [6.45, 7) is 1.11. The van der Waals surface area contributed by atoms with Crippen LogP contribution in [0.2, 0.25) is 0 Å². The van der Waals surface area contributed by atoms with Gasteiger partial charge in [-0.25, -0.2) is 8.78 Å². The number of ketones is 1. The fourth-order valence-corrected chi connectivity index (χ4v) is 4.21. The molecule has 0 radical (unpaired) electrons. The Morgan fingerprint density at radius 1 is 1.10 bits per heavy atom. The molecular weight excluding hydrogens is 425 g/mol. The van der Waals surface area contributed by atoms with Crippen LogP contribution in [0.15, 0.2) is 24.3 Å². The summed E-state index contributed by atoms with van der Waals surface area (Å²) in [5.74, 6) is -7.26. The highest BCUT2D eigenvalue weighted by Crippen LogP contribution is 2.48. The zero-order valence-electron chi connectivity index (χ0n) is 16.8. The van der Waals surface area contributed by atoms with Gasteiger partial charge in [-0.05, 0) is 37.5 Å². The van der Waals surface area contributed by atoms with Gasteiger partial charge in [-0.15, -0.1) is 0 Å². The number of rotatable bonds is 4. The number of halogens is 5. The highest BCUT2D eigenvalue weighted by atomic mass is 19.4. The summed E-state index contributed by atoms with van der Waals surface area (Å²) in [5.41, 5.74) is -1.81. The van der Waals surface area contributed by atoms with E-state index in [0.717, 1.165) is 12.1 Å². The predicted molar refractivity (Wildman–Crippen MR) is 97.8 cm³/mol. The van der Waals surface area contributed by atoms with E-state index in [9.17, 15) is 36.3 Å². The first-order valence-corrected chi connectivity index (χ1v) is 9.92. The van der Waals surface area contributed by atoms with Crippen LogP contribution < -0.4 is 0 Å². The molecular formula is C21H22F5NO4. The number of ether oxygens (including phenoxy) is 1. The molecule has 0 bridgehead atoms. The van der Waals surface area contributed by atoms with Gasteiger partial charge in [0, 0.05) is 31.3 Å². The van der Waals surface area contributed by atoms with Gasteiger partial charge in [0.25, 0.3) is 0 Å². The van der Waals surface area contributed by atoms with Gasteiger partial charge in [0.05, 0.1) is 12.2 Å². The van der Waals surface area contributed by atoms with Gasteiger partial charge >= 0.3 is 12.1 Å². The molecule has 1 amide bonds. The fraction of sp³-hybridized carbons (Fsp3) is 0.571. The number of piperidine rings is 1. The second-order valence-electron chi connectivity index (χ2n) is 8.07. The van der Waals surface area contributed by atoms with E-state index in [1.807, 2.05) is 0 Å². The summed E-state index contributed by atoms with van der Waals surface area (Å²) in [7, 11) is 0. The molecule has 1 aliphatic heterocycles. The Morgan fingerprint density at radius 2 is 1.68 bits per heavy atom. The molecule has 0 aromatic heterocycles. The third kappa shape index (κ3) is 4.72. The van der Waals surface area contributed by atoms with Crippen molar-refractivity contribution >= 4 is 17.7 Å². The SMILES string of the molecule is CCOC(=O)C1C(=O)N(Cc2ccc(C(F)(F)F)cc2)CC2(CCC(F)(F)CC2)C1=O. The van der Waals surface area contributed by atoms with Crippen LogP contribution in [-0.2, 0) is 31.8 Å². The molecule has 5 nitrogen and oxygen atoms in total. The summed E-state index contributed by atoms with van der Waals surface area (Å²) in [4.78, 5) is 39.5. The van der Waals surface area contributed by atoms with Crippen molar-refractivity contribution in [3.05, 3.63) is 35.4 Å². The normalized spacial score (nSPS) is 23.2. The lowest BCUT2D eigenvalue weighted by Gasteiger charge is -2.47.